The summed E-state index contributed by atoms with van der Waals surface area (Å²) in [6, 6.07) is -0.0132. The molecule has 0 radical (unpaired) electrons. The second-order valence-electron chi connectivity index (χ2n) is 6.59. The Balaban J connectivity index is 1.39. The number of rotatable bonds is 5. The van der Waals surface area contributed by atoms with Crippen LogP contribution in [0.5, 0.6) is 0 Å². The lowest BCUT2D eigenvalue weighted by molar-refractivity contribution is -0.144. The number of amides is 2. The molecule has 2 saturated carbocycles. The maximum atomic E-state index is 11.9. The normalized spacial score (nSPS) is 26.5. The van der Waals surface area contributed by atoms with Crippen LogP contribution in [0, 0.1) is 23.2 Å². The molecule has 0 spiro atoms. The van der Waals surface area contributed by atoms with Crippen molar-refractivity contribution in [3.05, 3.63) is 0 Å². The summed E-state index contributed by atoms with van der Waals surface area (Å²) in [6.45, 7) is 3.69. The molecule has 3 aliphatic rings. The molecule has 0 aromatic rings. The van der Waals surface area contributed by atoms with Crippen LogP contribution in [0.1, 0.15) is 32.6 Å². The molecule has 106 valence electrons. The fraction of sp³-hybridized carbons (Fsp3) is 0.857. The molecule has 1 heterocycles. The van der Waals surface area contributed by atoms with Crippen molar-refractivity contribution in [1.82, 2.24) is 10.2 Å². The van der Waals surface area contributed by atoms with Gasteiger partial charge < -0.3 is 15.3 Å². The Morgan fingerprint density at radius 2 is 2.00 bits per heavy atom. The summed E-state index contributed by atoms with van der Waals surface area (Å²) in [5.41, 5.74) is 0.425. The monoisotopic (exact) mass is 266 g/mol. The van der Waals surface area contributed by atoms with Crippen molar-refractivity contribution >= 4 is 12.0 Å². The van der Waals surface area contributed by atoms with Gasteiger partial charge in [0.15, 0.2) is 0 Å². The largest absolute Gasteiger partial charge is 0.481 e. The van der Waals surface area contributed by atoms with Gasteiger partial charge in [-0.1, -0.05) is 6.92 Å². The molecule has 5 heteroatoms. The molecule has 2 N–H and O–H groups in total. The van der Waals surface area contributed by atoms with Crippen LogP contribution in [0.15, 0.2) is 0 Å². The molecule has 5 nitrogen and oxygen atoms in total. The Hall–Kier alpha value is -1.26. The van der Waals surface area contributed by atoms with Crippen molar-refractivity contribution in [3.8, 4) is 0 Å². The average molecular weight is 266 g/mol. The molecular formula is C14H22N2O3. The summed E-state index contributed by atoms with van der Waals surface area (Å²) >= 11 is 0. The number of nitrogens with zero attached hydrogens (tertiary/aromatic N) is 1. The van der Waals surface area contributed by atoms with Crippen molar-refractivity contribution in [3.63, 3.8) is 0 Å². The van der Waals surface area contributed by atoms with Gasteiger partial charge in [0.25, 0.3) is 0 Å². The van der Waals surface area contributed by atoms with Crippen molar-refractivity contribution in [1.29, 1.82) is 0 Å². The first-order chi connectivity index (χ1) is 9.02. The second kappa shape index (κ2) is 4.39. The number of aliphatic carboxylic acids is 1. The van der Waals surface area contributed by atoms with E-state index in [1.165, 1.54) is 25.7 Å². The van der Waals surface area contributed by atoms with Gasteiger partial charge in [-0.25, -0.2) is 4.79 Å². The fourth-order valence-corrected chi connectivity index (χ4v) is 3.15. The van der Waals surface area contributed by atoms with Crippen LogP contribution in [0.2, 0.25) is 0 Å². The van der Waals surface area contributed by atoms with Crippen LogP contribution >= 0.6 is 0 Å². The van der Waals surface area contributed by atoms with E-state index >= 15 is 0 Å². The second-order valence-corrected chi connectivity index (χ2v) is 6.59. The fourth-order valence-electron chi connectivity index (χ4n) is 3.15. The number of urea groups is 1. The highest BCUT2D eigenvalue weighted by Crippen LogP contribution is 2.60. The van der Waals surface area contributed by atoms with Gasteiger partial charge in [-0.2, -0.15) is 0 Å². The van der Waals surface area contributed by atoms with Gasteiger partial charge in [0.1, 0.15) is 0 Å². The van der Waals surface area contributed by atoms with Crippen LogP contribution in [0.4, 0.5) is 4.79 Å². The molecule has 2 amide bonds. The first-order valence-electron chi connectivity index (χ1n) is 7.27. The number of carboxylic acid groups (broad SMARTS) is 1. The number of carbonyl (C=O) groups is 2. The van der Waals surface area contributed by atoms with Crippen LogP contribution in [0.25, 0.3) is 0 Å². The van der Waals surface area contributed by atoms with E-state index in [1.54, 1.807) is 11.8 Å². The predicted molar refractivity (Wildman–Crippen MR) is 69.7 cm³/mol. The number of hydrogen-bond donors (Lipinski definition) is 2. The van der Waals surface area contributed by atoms with Gasteiger partial charge in [0.2, 0.25) is 0 Å². The number of hydrogen-bond acceptors (Lipinski definition) is 2. The Bertz CT molecular complexity index is 395. The van der Waals surface area contributed by atoms with Crippen molar-refractivity contribution in [2.24, 2.45) is 23.2 Å². The van der Waals surface area contributed by atoms with Crippen molar-refractivity contribution in [2.45, 2.75) is 32.6 Å². The molecule has 3 fully saturated rings. The molecule has 0 aromatic heterocycles. The molecule has 3 rings (SSSR count). The lowest BCUT2D eigenvalue weighted by Gasteiger charge is -2.41. The summed E-state index contributed by atoms with van der Waals surface area (Å²) in [6.07, 6.45) is 5.18. The zero-order valence-corrected chi connectivity index (χ0v) is 11.4. The zero-order chi connectivity index (χ0) is 13.6. The number of carbonyl (C=O) groups excluding carboxylic acids is 1. The predicted octanol–water partition coefficient (Wildman–Crippen LogP) is 1.54. The molecule has 1 aliphatic heterocycles. The van der Waals surface area contributed by atoms with Gasteiger partial charge in [0.05, 0.1) is 5.92 Å². The number of nitrogens with one attached hydrogen (secondary N) is 1. The smallest absolute Gasteiger partial charge is 0.317 e. The third-order valence-corrected chi connectivity index (χ3v) is 5.22. The van der Waals surface area contributed by atoms with E-state index in [1.807, 2.05) is 0 Å². The average Bonchev–Trinajstić information content (AvgIpc) is 3.15. The van der Waals surface area contributed by atoms with Gasteiger partial charge in [-0.15, -0.1) is 0 Å². The van der Waals surface area contributed by atoms with Crippen LogP contribution < -0.4 is 5.32 Å². The summed E-state index contributed by atoms with van der Waals surface area (Å²) in [5.74, 6) is -0.161. The molecular weight excluding hydrogens is 244 g/mol. The maximum absolute atomic E-state index is 11.9. The highest BCUT2D eigenvalue weighted by atomic mass is 16.4. The van der Waals surface area contributed by atoms with E-state index in [4.69, 9.17) is 5.11 Å². The molecule has 0 bridgehead atoms. The van der Waals surface area contributed by atoms with E-state index in [2.05, 4.69) is 5.32 Å². The Morgan fingerprint density at radius 1 is 1.37 bits per heavy atom. The van der Waals surface area contributed by atoms with E-state index in [-0.39, 0.29) is 17.9 Å². The minimum atomic E-state index is -0.768. The van der Waals surface area contributed by atoms with Gasteiger partial charge in [-0.3, -0.25) is 4.79 Å². The number of carboxylic acids is 1. The highest BCUT2D eigenvalue weighted by molar-refractivity contribution is 5.76. The molecule has 2 aliphatic carbocycles. The summed E-state index contributed by atoms with van der Waals surface area (Å²) in [4.78, 5) is 24.5. The maximum Gasteiger partial charge on any atom is 0.317 e. The molecule has 1 saturated heterocycles. The summed E-state index contributed by atoms with van der Waals surface area (Å²) in [5, 5.41) is 11.9. The lowest BCUT2D eigenvalue weighted by Crippen LogP contribution is -2.57. The highest BCUT2D eigenvalue weighted by Gasteiger charge is 2.53. The zero-order valence-electron chi connectivity index (χ0n) is 11.4. The quantitative estimate of drug-likeness (QED) is 0.793. The van der Waals surface area contributed by atoms with E-state index in [0.29, 0.717) is 18.5 Å². The lowest BCUT2D eigenvalue weighted by atomic mass is 9.87. The number of likely N-dealkylation sites (tertiary alicyclic amines) is 1. The van der Waals surface area contributed by atoms with Crippen molar-refractivity contribution < 1.29 is 14.7 Å². The molecule has 1 atom stereocenters. The first kappa shape index (κ1) is 12.8. The first-order valence-corrected chi connectivity index (χ1v) is 7.27. The minimum absolute atomic E-state index is 0.0132. The third kappa shape index (κ3) is 2.42. The van der Waals surface area contributed by atoms with Gasteiger partial charge >= 0.3 is 12.0 Å². The van der Waals surface area contributed by atoms with E-state index in [9.17, 15) is 9.59 Å². The van der Waals surface area contributed by atoms with Crippen LogP contribution in [0.3, 0.4) is 0 Å². The molecule has 19 heavy (non-hydrogen) atoms. The van der Waals surface area contributed by atoms with Crippen LogP contribution in [-0.2, 0) is 4.79 Å². The summed E-state index contributed by atoms with van der Waals surface area (Å²) < 4.78 is 0. The van der Waals surface area contributed by atoms with E-state index < -0.39 is 5.97 Å². The SMILES string of the molecule is CC(C(=O)O)C1CN(C(=O)NCC2(C3CC3)CC2)C1. The topological polar surface area (TPSA) is 69.6 Å². The standard InChI is InChI=1S/C14H22N2O3/c1-9(12(17)18)10-6-16(7-10)13(19)15-8-14(4-5-14)11-2-3-11/h9-11H,2-8H2,1H3,(H,15,19)(H,17,18). The molecule has 1 unspecified atom stereocenters. The van der Waals surface area contributed by atoms with Gasteiger partial charge in [0, 0.05) is 25.6 Å². The van der Waals surface area contributed by atoms with Crippen molar-refractivity contribution in [2.75, 3.05) is 19.6 Å². The summed E-state index contributed by atoms with van der Waals surface area (Å²) in [7, 11) is 0. The van der Waals surface area contributed by atoms with E-state index in [0.717, 1.165) is 12.5 Å². The Kier molecular flexibility index (Phi) is 2.95. The third-order valence-electron chi connectivity index (χ3n) is 5.22. The molecule has 0 aromatic carbocycles. The Morgan fingerprint density at radius 3 is 2.47 bits per heavy atom. The van der Waals surface area contributed by atoms with Gasteiger partial charge in [-0.05, 0) is 37.0 Å². The minimum Gasteiger partial charge on any atom is -0.481 e. The Labute approximate surface area is 113 Å². The van der Waals surface area contributed by atoms with Crippen LogP contribution in [-0.4, -0.2) is 41.6 Å².